The number of nitrogens with zero attached hydrogens (tertiary/aromatic N) is 1. The highest BCUT2D eigenvalue weighted by atomic mass is 32.1. The molecule has 2 aromatic rings. The first-order valence-corrected chi connectivity index (χ1v) is 6.76. The molecule has 17 heavy (non-hydrogen) atoms. The van der Waals surface area contributed by atoms with Gasteiger partial charge in [0.25, 0.3) is 0 Å². The van der Waals surface area contributed by atoms with Gasteiger partial charge < -0.3 is 11.1 Å². The highest BCUT2D eigenvalue weighted by Gasteiger charge is 2.17. The van der Waals surface area contributed by atoms with Gasteiger partial charge in [0.05, 0.1) is 10.2 Å². The predicted octanol–water partition coefficient (Wildman–Crippen LogP) is 3.87. The highest BCUT2D eigenvalue weighted by molar-refractivity contribution is 7.22. The van der Waals surface area contributed by atoms with E-state index in [1.807, 2.05) is 18.2 Å². The molecule has 0 atom stereocenters. The van der Waals surface area contributed by atoms with E-state index in [4.69, 9.17) is 5.73 Å². The third kappa shape index (κ3) is 2.88. The fraction of sp³-hybridized carbons (Fsp3) is 0.462. The molecule has 0 aliphatic carbocycles. The van der Waals surface area contributed by atoms with E-state index in [2.05, 4.69) is 31.1 Å². The summed E-state index contributed by atoms with van der Waals surface area (Å²) >= 11 is 1.66. The van der Waals surface area contributed by atoms with Gasteiger partial charge in [0.1, 0.15) is 0 Å². The first-order chi connectivity index (χ1) is 8.00. The van der Waals surface area contributed by atoms with Crippen molar-refractivity contribution in [2.24, 2.45) is 0 Å². The van der Waals surface area contributed by atoms with Crippen LogP contribution in [0, 0.1) is 0 Å². The number of aromatic nitrogens is 1. The second-order valence-electron chi connectivity index (χ2n) is 5.01. The number of thiazole rings is 1. The number of rotatable bonds is 4. The molecule has 1 aromatic carbocycles. The molecular formula is C13H19N3S. The number of nitrogen functional groups attached to an aromatic ring is 1. The summed E-state index contributed by atoms with van der Waals surface area (Å²) in [7, 11) is 0. The van der Waals surface area contributed by atoms with Crippen molar-refractivity contribution < 1.29 is 0 Å². The van der Waals surface area contributed by atoms with Gasteiger partial charge in [-0.2, -0.15) is 0 Å². The summed E-state index contributed by atoms with van der Waals surface area (Å²) in [4.78, 5) is 4.57. The molecule has 3 nitrogen and oxygen atoms in total. The first kappa shape index (κ1) is 12.2. The van der Waals surface area contributed by atoms with Crippen molar-refractivity contribution in [3.8, 4) is 0 Å². The predicted molar refractivity (Wildman–Crippen MR) is 76.6 cm³/mol. The van der Waals surface area contributed by atoms with E-state index in [1.54, 1.807) is 11.3 Å². The van der Waals surface area contributed by atoms with Gasteiger partial charge in [-0.1, -0.05) is 24.7 Å². The first-order valence-electron chi connectivity index (χ1n) is 5.94. The summed E-state index contributed by atoms with van der Waals surface area (Å²) in [6, 6.07) is 5.84. The Balaban J connectivity index is 2.25. The largest absolute Gasteiger partial charge is 0.399 e. The van der Waals surface area contributed by atoms with E-state index in [-0.39, 0.29) is 5.54 Å². The summed E-state index contributed by atoms with van der Waals surface area (Å²) in [6.45, 7) is 6.61. The molecular weight excluding hydrogens is 230 g/mol. The fourth-order valence-electron chi connectivity index (χ4n) is 1.97. The lowest BCUT2D eigenvalue weighted by atomic mass is 10.00. The van der Waals surface area contributed by atoms with E-state index in [0.717, 1.165) is 33.9 Å². The molecule has 2 rings (SSSR count). The molecule has 0 fully saturated rings. The number of hydrogen-bond acceptors (Lipinski definition) is 4. The molecule has 1 heterocycles. The lowest BCUT2D eigenvalue weighted by Gasteiger charge is -2.25. The number of nitrogens with two attached hydrogens (primary N) is 1. The van der Waals surface area contributed by atoms with E-state index >= 15 is 0 Å². The summed E-state index contributed by atoms with van der Waals surface area (Å²) in [5.74, 6) is 0. The Morgan fingerprint density at radius 1 is 1.41 bits per heavy atom. The van der Waals surface area contributed by atoms with Crippen LogP contribution < -0.4 is 11.1 Å². The average molecular weight is 249 g/mol. The summed E-state index contributed by atoms with van der Waals surface area (Å²) in [6.07, 6.45) is 2.29. The zero-order chi connectivity index (χ0) is 12.5. The van der Waals surface area contributed by atoms with Crippen molar-refractivity contribution in [3.05, 3.63) is 18.2 Å². The van der Waals surface area contributed by atoms with Crippen LogP contribution in [0.5, 0.6) is 0 Å². The summed E-state index contributed by atoms with van der Waals surface area (Å²) < 4.78 is 1.14. The van der Waals surface area contributed by atoms with Crippen LogP contribution >= 0.6 is 11.3 Å². The molecule has 0 bridgehead atoms. The van der Waals surface area contributed by atoms with Crippen LogP contribution in [0.4, 0.5) is 10.8 Å². The maximum absolute atomic E-state index is 5.77. The van der Waals surface area contributed by atoms with Crippen LogP contribution in [0.25, 0.3) is 10.2 Å². The quantitative estimate of drug-likeness (QED) is 0.809. The van der Waals surface area contributed by atoms with Crippen LogP contribution in [-0.4, -0.2) is 10.5 Å². The van der Waals surface area contributed by atoms with Gasteiger partial charge in [0.15, 0.2) is 5.13 Å². The van der Waals surface area contributed by atoms with Crippen molar-refractivity contribution in [2.75, 3.05) is 11.1 Å². The van der Waals surface area contributed by atoms with Crippen LogP contribution in [0.2, 0.25) is 0 Å². The van der Waals surface area contributed by atoms with Crippen LogP contribution in [0.15, 0.2) is 18.2 Å². The topological polar surface area (TPSA) is 50.9 Å². The van der Waals surface area contributed by atoms with E-state index in [0.29, 0.717) is 0 Å². The smallest absolute Gasteiger partial charge is 0.184 e. The van der Waals surface area contributed by atoms with Crippen LogP contribution in [0.3, 0.4) is 0 Å². The molecule has 0 saturated carbocycles. The van der Waals surface area contributed by atoms with Gasteiger partial charge in [0.2, 0.25) is 0 Å². The molecule has 4 heteroatoms. The van der Waals surface area contributed by atoms with Crippen LogP contribution in [0.1, 0.15) is 33.6 Å². The molecule has 1 aromatic heterocycles. The second kappa shape index (κ2) is 4.53. The Kier molecular flexibility index (Phi) is 3.24. The van der Waals surface area contributed by atoms with Gasteiger partial charge in [-0.25, -0.2) is 4.98 Å². The maximum Gasteiger partial charge on any atom is 0.184 e. The minimum absolute atomic E-state index is 0.0914. The molecule has 0 aliphatic heterocycles. The third-order valence-corrected chi connectivity index (χ3v) is 3.67. The van der Waals surface area contributed by atoms with E-state index in [1.165, 1.54) is 0 Å². The average Bonchev–Trinajstić information content (AvgIpc) is 2.57. The molecule has 3 N–H and O–H groups in total. The number of nitrogens with one attached hydrogen (secondary N) is 1. The van der Waals surface area contributed by atoms with Crippen molar-refractivity contribution in [1.82, 2.24) is 4.98 Å². The van der Waals surface area contributed by atoms with Gasteiger partial charge >= 0.3 is 0 Å². The monoisotopic (exact) mass is 249 g/mol. The minimum Gasteiger partial charge on any atom is -0.399 e. The van der Waals surface area contributed by atoms with Crippen molar-refractivity contribution >= 4 is 32.4 Å². The summed E-state index contributed by atoms with van der Waals surface area (Å²) in [5, 5.41) is 4.47. The van der Waals surface area contributed by atoms with Gasteiger partial charge in [-0.3, -0.25) is 0 Å². The Morgan fingerprint density at radius 2 is 2.18 bits per heavy atom. The van der Waals surface area contributed by atoms with Crippen molar-refractivity contribution in [3.63, 3.8) is 0 Å². The van der Waals surface area contributed by atoms with Gasteiger partial charge in [-0.15, -0.1) is 0 Å². The molecule has 0 saturated heterocycles. The van der Waals surface area contributed by atoms with Crippen LogP contribution in [-0.2, 0) is 0 Å². The Morgan fingerprint density at radius 3 is 2.88 bits per heavy atom. The minimum atomic E-state index is 0.0914. The zero-order valence-corrected chi connectivity index (χ0v) is 11.4. The number of benzene rings is 1. The number of anilines is 2. The fourth-order valence-corrected chi connectivity index (χ4v) is 3.06. The molecule has 0 aliphatic rings. The summed E-state index contributed by atoms with van der Waals surface area (Å²) in [5.41, 5.74) is 7.66. The lowest BCUT2D eigenvalue weighted by molar-refractivity contribution is 0.511. The SMILES string of the molecule is CCCC(C)(C)Nc1nc2ccc(N)cc2s1. The van der Waals surface area contributed by atoms with Gasteiger partial charge in [0, 0.05) is 11.2 Å². The highest BCUT2D eigenvalue weighted by Crippen LogP contribution is 2.30. The standard InChI is InChI=1S/C13H19N3S/c1-4-7-13(2,3)16-12-15-10-6-5-9(14)8-11(10)17-12/h5-6,8H,4,7,14H2,1-3H3,(H,15,16). The third-order valence-electron chi connectivity index (χ3n) is 2.73. The number of hydrogen-bond donors (Lipinski definition) is 2. The molecule has 0 unspecified atom stereocenters. The molecule has 92 valence electrons. The lowest BCUT2D eigenvalue weighted by Crippen LogP contribution is -2.30. The molecule has 0 radical (unpaired) electrons. The van der Waals surface area contributed by atoms with Crippen molar-refractivity contribution in [1.29, 1.82) is 0 Å². The normalized spacial score (nSPS) is 11.9. The molecule has 0 amide bonds. The second-order valence-corrected chi connectivity index (χ2v) is 6.04. The van der Waals surface area contributed by atoms with E-state index < -0.39 is 0 Å². The maximum atomic E-state index is 5.77. The molecule has 0 spiro atoms. The van der Waals surface area contributed by atoms with Crippen molar-refractivity contribution in [2.45, 2.75) is 39.2 Å². The number of fused-ring (bicyclic) bond motifs is 1. The Labute approximate surface area is 106 Å². The van der Waals surface area contributed by atoms with E-state index in [9.17, 15) is 0 Å². The Bertz CT molecular complexity index is 516. The zero-order valence-electron chi connectivity index (χ0n) is 10.6. The van der Waals surface area contributed by atoms with Gasteiger partial charge in [-0.05, 0) is 38.5 Å². The Hall–Kier alpha value is -1.29.